The molecule has 1 aromatic carbocycles. The number of hydrogen-bond donors (Lipinski definition) is 1. The van der Waals surface area contributed by atoms with Crippen molar-refractivity contribution >= 4 is 23.5 Å². The lowest BCUT2D eigenvalue weighted by molar-refractivity contribution is -0.133. The Hall–Kier alpha value is -1.75. The minimum absolute atomic E-state index is 0.0390. The van der Waals surface area contributed by atoms with Crippen molar-refractivity contribution in [2.45, 2.75) is 38.1 Å². The molecule has 1 aromatic rings. The number of alkyl halides is 1. The van der Waals surface area contributed by atoms with Crippen molar-refractivity contribution in [3.8, 4) is 5.75 Å². The van der Waals surface area contributed by atoms with E-state index in [0.29, 0.717) is 37.7 Å². The lowest BCUT2D eigenvalue weighted by Gasteiger charge is -2.25. The molecular weight excluding hydrogens is 318 g/mol. The average Bonchev–Trinajstić information content (AvgIpc) is 2.86. The number of carbonyl (C=O) groups excluding carboxylic acids is 1. The molecular formula is C17H22ClNO4. The van der Waals surface area contributed by atoms with Gasteiger partial charge in [-0.3, -0.25) is 4.79 Å². The van der Waals surface area contributed by atoms with Crippen LogP contribution in [-0.4, -0.2) is 46.5 Å². The molecule has 2 unspecified atom stereocenters. The fourth-order valence-electron chi connectivity index (χ4n) is 2.68. The number of rotatable bonds is 6. The molecule has 2 atom stereocenters. The molecule has 1 aliphatic rings. The maximum Gasteiger partial charge on any atom is 0.335 e. The molecule has 6 heteroatoms. The molecule has 1 aliphatic heterocycles. The third-order valence-corrected chi connectivity index (χ3v) is 4.13. The predicted molar refractivity (Wildman–Crippen MR) is 88.1 cm³/mol. The number of hydrogen-bond acceptors (Lipinski definition) is 3. The highest BCUT2D eigenvalue weighted by Crippen LogP contribution is 2.25. The zero-order chi connectivity index (χ0) is 17.0. The van der Waals surface area contributed by atoms with Crippen molar-refractivity contribution < 1.29 is 19.4 Å². The molecule has 23 heavy (non-hydrogen) atoms. The van der Waals surface area contributed by atoms with Gasteiger partial charge in [0.25, 0.3) is 0 Å². The van der Waals surface area contributed by atoms with E-state index in [-0.39, 0.29) is 22.9 Å². The second kappa shape index (κ2) is 7.68. The van der Waals surface area contributed by atoms with Gasteiger partial charge in [0.2, 0.25) is 5.91 Å². The number of carbonyl (C=O) groups is 2. The average molecular weight is 340 g/mol. The van der Waals surface area contributed by atoms with E-state index in [2.05, 4.69) is 0 Å². The summed E-state index contributed by atoms with van der Waals surface area (Å²) in [6.45, 7) is 4.95. The Morgan fingerprint density at radius 1 is 1.35 bits per heavy atom. The molecule has 0 bridgehead atoms. The van der Waals surface area contributed by atoms with Crippen LogP contribution in [0.1, 0.15) is 37.0 Å². The number of carboxylic acid groups (broad SMARTS) is 1. The van der Waals surface area contributed by atoms with Gasteiger partial charge in [0, 0.05) is 13.0 Å². The SMILES string of the molecule is CC(C)CC(=O)N1CC(Cl)CC1COc1ccc(C(=O)O)cc1. The molecule has 0 saturated carbocycles. The van der Waals surface area contributed by atoms with Crippen LogP contribution in [0.4, 0.5) is 0 Å². The number of likely N-dealkylation sites (tertiary alicyclic amines) is 1. The summed E-state index contributed by atoms with van der Waals surface area (Å²) in [6, 6.07) is 6.20. The summed E-state index contributed by atoms with van der Waals surface area (Å²) in [4.78, 5) is 24.9. The third-order valence-electron chi connectivity index (χ3n) is 3.81. The lowest BCUT2D eigenvalue weighted by Crippen LogP contribution is -2.39. The predicted octanol–water partition coefficient (Wildman–Crippen LogP) is 3.02. The Balaban J connectivity index is 1.94. The van der Waals surface area contributed by atoms with Crippen LogP contribution in [0.3, 0.4) is 0 Å². The molecule has 0 aliphatic carbocycles. The molecule has 5 nitrogen and oxygen atoms in total. The van der Waals surface area contributed by atoms with Crippen LogP contribution in [-0.2, 0) is 4.79 Å². The van der Waals surface area contributed by atoms with Crippen molar-refractivity contribution in [2.75, 3.05) is 13.2 Å². The molecule has 0 radical (unpaired) electrons. The van der Waals surface area contributed by atoms with Gasteiger partial charge >= 0.3 is 5.97 Å². The van der Waals surface area contributed by atoms with E-state index in [1.165, 1.54) is 12.1 Å². The quantitative estimate of drug-likeness (QED) is 0.809. The van der Waals surface area contributed by atoms with Gasteiger partial charge in [-0.05, 0) is 36.6 Å². The molecule has 0 aromatic heterocycles. The third kappa shape index (κ3) is 4.86. The smallest absolute Gasteiger partial charge is 0.335 e. The van der Waals surface area contributed by atoms with Gasteiger partial charge < -0.3 is 14.7 Å². The number of ether oxygens (including phenoxy) is 1. The molecule has 1 fully saturated rings. The van der Waals surface area contributed by atoms with Gasteiger partial charge in [-0.1, -0.05) is 13.8 Å². The summed E-state index contributed by atoms with van der Waals surface area (Å²) in [5.41, 5.74) is 0.216. The van der Waals surface area contributed by atoms with Crippen LogP contribution in [0, 0.1) is 5.92 Å². The molecule has 0 spiro atoms. The monoisotopic (exact) mass is 339 g/mol. The van der Waals surface area contributed by atoms with Crippen molar-refractivity contribution in [1.29, 1.82) is 0 Å². The molecule has 1 heterocycles. The largest absolute Gasteiger partial charge is 0.491 e. The van der Waals surface area contributed by atoms with E-state index in [1.54, 1.807) is 12.1 Å². The summed E-state index contributed by atoms with van der Waals surface area (Å²) >= 11 is 6.20. The lowest BCUT2D eigenvalue weighted by atomic mass is 10.1. The highest BCUT2D eigenvalue weighted by atomic mass is 35.5. The maximum atomic E-state index is 12.3. The molecule has 1 amide bonds. The Bertz CT molecular complexity index is 558. The molecule has 1 N–H and O–H groups in total. The van der Waals surface area contributed by atoms with Crippen molar-refractivity contribution in [3.63, 3.8) is 0 Å². The van der Waals surface area contributed by atoms with Gasteiger partial charge in [-0.25, -0.2) is 4.79 Å². The summed E-state index contributed by atoms with van der Waals surface area (Å²) < 4.78 is 5.71. The number of benzene rings is 1. The first-order valence-corrected chi connectivity index (χ1v) is 8.20. The van der Waals surface area contributed by atoms with E-state index in [9.17, 15) is 9.59 Å². The summed E-state index contributed by atoms with van der Waals surface area (Å²) in [5.74, 6) is 0.0343. The van der Waals surface area contributed by atoms with Gasteiger partial charge in [0.15, 0.2) is 0 Å². The second-order valence-corrected chi connectivity index (χ2v) is 6.89. The van der Waals surface area contributed by atoms with Crippen molar-refractivity contribution in [2.24, 2.45) is 5.92 Å². The van der Waals surface area contributed by atoms with E-state index in [0.717, 1.165) is 0 Å². The topological polar surface area (TPSA) is 66.8 Å². The maximum absolute atomic E-state index is 12.3. The van der Waals surface area contributed by atoms with Crippen LogP contribution in [0.25, 0.3) is 0 Å². The highest BCUT2D eigenvalue weighted by Gasteiger charge is 2.34. The number of halogens is 1. The van der Waals surface area contributed by atoms with E-state index < -0.39 is 5.97 Å². The van der Waals surface area contributed by atoms with E-state index >= 15 is 0 Å². The fourth-order valence-corrected chi connectivity index (χ4v) is 3.03. The minimum Gasteiger partial charge on any atom is -0.491 e. The standard InChI is InChI=1S/C17H22ClNO4/c1-11(2)7-16(20)19-9-13(18)8-14(19)10-23-15-5-3-12(4-6-15)17(21)22/h3-6,11,13-14H,7-10H2,1-2H3,(H,21,22). The van der Waals surface area contributed by atoms with Gasteiger partial charge in [-0.15, -0.1) is 11.6 Å². The number of aromatic carboxylic acids is 1. The zero-order valence-corrected chi connectivity index (χ0v) is 14.1. The number of nitrogens with zero attached hydrogens (tertiary/aromatic N) is 1. The van der Waals surface area contributed by atoms with Crippen LogP contribution in [0.15, 0.2) is 24.3 Å². The van der Waals surface area contributed by atoms with Crippen LogP contribution < -0.4 is 4.74 Å². The normalized spacial score (nSPS) is 20.8. The summed E-state index contributed by atoms with van der Waals surface area (Å²) in [6.07, 6.45) is 1.21. The first kappa shape index (κ1) is 17.6. The van der Waals surface area contributed by atoms with Gasteiger partial charge in [0.05, 0.1) is 17.0 Å². The van der Waals surface area contributed by atoms with E-state index in [1.807, 2.05) is 18.7 Å². The van der Waals surface area contributed by atoms with Crippen LogP contribution in [0.2, 0.25) is 0 Å². The van der Waals surface area contributed by atoms with E-state index in [4.69, 9.17) is 21.4 Å². The first-order valence-electron chi connectivity index (χ1n) is 7.76. The Kier molecular flexibility index (Phi) is 5.88. The summed E-state index contributed by atoms with van der Waals surface area (Å²) in [7, 11) is 0. The second-order valence-electron chi connectivity index (χ2n) is 6.27. The molecule has 1 saturated heterocycles. The first-order chi connectivity index (χ1) is 10.9. The minimum atomic E-state index is -0.970. The summed E-state index contributed by atoms with van der Waals surface area (Å²) in [5, 5.41) is 8.83. The number of amides is 1. The van der Waals surface area contributed by atoms with Crippen molar-refractivity contribution in [1.82, 2.24) is 4.90 Å². The van der Waals surface area contributed by atoms with Gasteiger partial charge in [0.1, 0.15) is 12.4 Å². The van der Waals surface area contributed by atoms with Crippen LogP contribution in [0.5, 0.6) is 5.75 Å². The Labute approximate surface area is 141 Å². The number of carboxylic acids is 1. The van der Waals surface area contributed by atoms with Gasteiger partial charge in [-0.2, -0.15) is 0 Å². The highest BCUT2D eigenvalue weighted by molar-refractivity contribution is 6.21. The molecule has 2 rings (SSSR count). The Morgan fingerprint density at radius 2 is 2.00 bits per heavy atom. The zero-order valence-electron chi connectivity index (χ0n) is 13.4. The molecule has 126 valence electrons. The Morgan fingerprint density at radius 3 is 2.57 bits per heavy atom. The van der Waals surface area contributed by atoms with Crippen molar-refractivity contribution in [3.05, 3.63) is 29.8 Å². The van der Waals surface area contributed by atoms with Crippen LogP contribution >= 0.6 is 11.6 Å². The fraction of sp³-hybridized carbons (Fsp3) is 0.529.